The quantitative estimate of drug-likeness (QED) is 0.0259. The number of ether oxygens (including phenoxy) is 3. The van der Waals surface area contributed by atoms with Crippen molar-refractivity contribution in [3.63, 3.8) is 0 Å². The fourth-order valence-electron chi connectivity index (χ4n) is 8.60. The molecular formula is C56H107NO7. The van der Waals surface area contributed by atoms with Crippen molar-refractivity contribution in [1.29, 1.82) is 0 Å². The minimum Gasteiger partial charge on any atom is -0.544 e. The highest BCUT2D eigenvalue weighted by Gasteiger charge is 2.25. The third kappa shape index (κ3) is 45.2. The summed E-state index contributed by atoms with van der Waals surface area (Å²) in [5.41, 5.74) is 0. The summed E-state index contributed by atoms with van der Waals surface area (Å²) in [5.74, 6) is -1.72. The van der Waals surface area contributed by atoms with Crippen molar-refractivity contribution < 1.29 is 38.2 Å². The van der Waals surface area contributed by atoms with Gasteiger partial charge in [0.15, 0.2) is 6.10 Å². The number of hydrogen-bond donors (Lipinski definition) is 0. The number of allylic oxidation sites excluding steroid dienone is 2. The molecule has 0 aliphatic carbocycles. The van der Waals surface area contributed by atoms with Gasteiger partial charge in [0.05, 0.1) is 40.3 Å². The first-order valence-electron chi connectivity index (χ1n) is 27.7. The largest absolute Gasteiger partial charge is 0.544 e. The van der Waals surface area contributed by atoms with Crippen LogP contribution in [0.2, 0.25) is 0 Å². The number of quaternary nitrogens is 1. The molecule has 0 bridgehead atoms. The van der Waals surface area contributed by atoms with Crippen molar-refractivity contribution in [1.82, 2.24) is 0 Å². The smallest absolute Gasteiger partial charge is 0.306 e. The van der Waals surface area contributed by atoms with Crippen LogP contribution >= 0.6 is 0 Å². The second kappa shape index (κ2) is 47.6. The van der Waals surface area contributed by atoms with Gasteiger partial charge < -0.3 is 28.6 Å². The lowest BCUT2D eigenvalue weighted by Gasteiger charge is -2.34. The molecule has 0 radical (unpaired) electrons. The lowest BCUT2D eigenvalue weighted by Crippen LogP contribution is -2.55. The molecule has 2 unspecified atom stereocenters. The van der Waals surface area contributed by atoms with Crippen molar-refractivity contribution in [3.05, 3.63) is 12.2 Å². The zero-order chi connectivity index (χ0) is 47.0. The van der Waals surface area contributed by atoms with Crippen molar-refractivity contribution in [3.8, 4) is 0 Å². The summed E-state index contributed by atoms with van der Waals surface area (Å²) in [7, 11) is 5.43. The average Bonchev–Trinajstić information content (AvgIpc) is 3.26. The van der Waals surface area contributed by atoms with Crippen LogP contribution in [-0.4, -0.2) is 75.5 Å². The van der Waals surface area contributed by atoms with E-state index in [1.54, 1.807) is 0 Å². The SMILES string of the molecule is CCCCCCCCC/C=C\CCCCCCCC(=O)OC(COCCC(C(=O)[O-])[N+](C)(C)C)COC(=O)CCCCCCCCCCCCCCCCCCCCCCCCCC. The Labute approximate surface area is 397 Å². The van der Waals surface area contributed by atoms with Crippen molar-refractivity contribution in [2.24, 2.45) is 0 Å². The summed E-state index contributed by atoms with van der Waals surface area (Å²) in [6.45, 7) is 4.71. The molecule has 64 heavy (non-hydrogen) atoms. The Morgan fingerprint density at radius 3 is 1.12 bits per heavy atom. The summed E-state index contributed by atoms with van der Waals surface area (Å²) < 4.78 is 17.3. The molecule has 0 aromatic heterocycles. The lowest BCUT2D eigenvalue weighted by atomic mass is 10.0. The molecule has 0 aliphatic rings. The molecular weight excluding hydrogens is 799 g/mol. The normalized spacial score (nSPS) is 12.8. The molecule has 0 aliphatic heterocycles. The van der Waals surface area contributed by atoms with Crippen LogP contribution in [0.1, 0.15) is 277 Å². The number of carbonyl (C=O) groups excluding carboxylic acids is 3. The van der Waals surface area contributed by atoms with Crippen LogP contribution in [0.25, 0.3) is 0 Å². The first-order chi connectivity index (χ1) is 31.1. The summed E-state index contributed by atoms with van der Waals surface area (Å²) in [6, 6.07) is -0.724. The van der Waals surface area contributed by atoms with Crippen LogP contribution in [0, 0.1) is 0 Å². The monoisotopic (exact) mass is 906 g/mol. The zero-order valence-electron chi connectivity index (χ0n) is 43.2. The Kier molecular flexibility index (Phi) is 46.1. The average molecular weight is 906 g/mol. The molecule has 378 valence electrons. The van der Waals surface area contributed by atoms with Gasteiger partial charge in [0.1, 0.15) is 12.6 Å². The van der Waals surface area contributed by atoms with E-state index in [0.29, 0.717) is 12.8 Å². The molecule has 0 heterocycles. The molecule has 8 heteroatoms. The fraction of sp³-hybridized carbons (Fsp3) is 0.911. The number of aliphatic carboxylic acids is 1. The second-order valence-electron chi connectivity index (χ2n) is 20.2. The maximum atomic E-state index is 12.8. The summed E-state index contributed by atoms with van der Waals surface area (Å²) in [5, 5.41) is 11.7. The second-order valence-corrected chi connectivity index (χ2v) is 20.2. The van der Waals surface area contributed by atoms with Gasteiger partial charge in [0.25, 0.3) is 0 Å². The molecule has 0 aromatic carbocycles. The van der Waals surface area contributed by atoms with Gasteiger partial charge in [-0.1, -0.05) is 231 Å². The van der Waals surface area contributed by atoms with E-state index in [9.17, 15) is 19.5 Å². The standard InChI is InChI=1S/C56H107NO7/c1-6-8-10-12-14-16-18-20-22-24-25-26-27-28-29-30-31-33-34-36-38-40-42-44-46-54(58)63-51-52(50-62-49-48-53(56(60)61)57(3,4)5)64-55(59)47-45-43-41-39-37-35-32-23-21-19-17-15-13-11-9-7-2/h23,32,52-53H,6-22,24-31,33-51H2,1-5H3/b32-23-. The molecule has 0 rings (SSSR count). The molecule has 8 nitrogen and oxygen atoms in total. The molecule has 0 aromatic rings. The van der Waals surface area contributed by atoms with Crippen LogP contribution in [-0.2, 0) is 28.6 Å². The van der Waals surface area contributed by atoms with Gasteiger partial charge in [0.2, 0.25) is 0 Å². The van der Waals surface area contributed by atoms with Gasteiger partial charge >= 0.3 is 11.9 Å². The Hall–Kier alpha value is -1.93. The number of hydrogen-bond acceptors (Lipinski definition) is 7. The Bertz CT molecular complexity index is 1060. The van der Waals surface area contributed by atoms with E-state index < -0.39 is 18.1 Å². The fourth-order valence-corrected chi connectivity index (χ4v) is 8.60. The maximum absolute atomic E-state index is 12.8. The number of nitrogens with zero attached hydrogens (tertiary/aromatic N) is 1. The first kappa shape index (κ1) is 62.1. The van der Waals surface area contributed by atoms with Gasteiger partial charge in [-0.2, -0.15) is 0 Å². The number of unbranched alkanes of at least 4 members (excludes halogenated alkanes) is 35. The van der Waals surface area contributed by atoms with E-state index in [4.69, 9.17) is 14.2 Å². The van der Waals surface area contributed by atoms with Crippen LogP contribution in [0.3, 0.4) is 0 Å². The summed E-state index contributed by atoms with van der Waals surface area (Å²) in [4.78, 5) is 37.1. The van der Waals surface area contributed by atoms with E-state index in [0.717, 1.165) is 51.4 Å². The highest BCUT2D eigenvalue weighted by atomic mass is 16.6. The van der Waals surface area contributed by atoms with Gasteiger partial charge in [0, 0.05) is 19.3 Å². The van der Waals surface area contributed by atoms with Gasteiger partial charge in [-0.05, 0) is 38.5 Å². The molecule has 0 saturated heterocycles. The van der Waals surface area contributed by atoms with Crippen molar-refractivity contribution >= 4 is 17.9 Å². The maximum Gasteiger partial charge on any atom is 0.306 e. The van der Waals surface area contributed by atoms with E-state index in [1.807, 2.05) is 21.1 Å². The molecule has 0 N–H and O–H groups in total. The Balaban J connectivity index is 4.12. The topological polar surface area (TPSA) is 102 Å². The minimum atomic E-state index is -1.12. The lowest BCUT2D eigenvalue weighted by molar-refractivity contribution is -0.889. The number of carbonyl (C=O) groups is 3. The molecule has 0 spiro atoms. The highest BCUT2D eigenvalue weighted by molar-refractivity contribution is 5.70. The molecule has 0 saturated carbocycles. The Morgan fingerprint density at radius 1 is 0.453 bits per heavy atom. The van der Waals surface area contributed by atoms with Crippen molar-refractivity contribution in [2.45, 2.75) is 289 Å². The number of rotatable bonds is 51. The third-order valence-electron chi connectivity index (χ3n) is 12.9. The predicted molar refractivity (Wildman–Crippen MR) is 268 cm³/mol. The van der Waals surface area contributed by atoms with E-state index in [-0.39, 0.29) is 42.7 Å². The van der Waals surface area contributed by atoms with Crippen LogP contribution in [0.15, 0.2) is 12.2 Å². The van der Waals surface area contributed by atoms with E-state index in [1.165, 1.54) is 193 Å². The van der Waals surface area contributed by atoms with Gasteiger partial charge in [-0.25, -0.2) is 0 Å². The first-order valence-corrected chi connectivity index (χ1v) is 27.7. The van der Waals surface area contributed by atoms with Crippen LogP contribution in [0.5, 0.6) is 0 Å². The predicted octanol–water partition coefficient (Wildman–Crippen LogP) is 14.9. The van der Waals surface area contributed by atoms with Crippen molar-refractivity contribution in [2.75, 3.05) is 41.0 Å². The number of esters is 2. The zero-order valence-corrected chi connectivity index (χ0v) is 43.2. The van der Waals surface area contributed by atoms with Gasteiger partial charge in [-0.15, -0.1) is 0 Å². The minimum absolute atomic E-state index is 0.0435. The van der Waals surface area contributed by atoms with Crippen LogP contribution < -0.4 is 5.11 Å². The molecule has 0 fully saturated rings. The highest BCUT2D eigenvalue weighted by Crippen LogP contribution is 2.17. The molecule has 2 atom stereocenters. The number of carboxylic acid groups (broad SMARTS) is 1. The van der Waals surface area contributed by atoms with Crippen LogP contribution in [0.4, 0.5) is 0 Å². The summed E-state index contributed by atoms with van der Waals surface area (Å²) in [6.07, 6.45) is 54.0. The number of carboxylic acids is 1. The Morgan fingerprint density at radius 2 is 0.781 bits per heavy atom. The molecule has 0 amide bonds. The van der Waals surface area contributed by atoms with E-state index >= 15 is 0 Å². The van der Waals surface area contributed by atoms with Gasteiger partial charge in [-0.3, -0.25) is 9.59 Å². The third-order valence-corrected chi connectivity index (χ3v) is 12.9. The number of likely N-dealkylation sites (N-methyl/N-ethyl adjacent to an activating group) is 1. The summed E-state index contributed by atoms with van der Waals surface area (Å²) >= 11 is 0. The van der Waals surface area contributed by atoms with E-state index in [2.05, 4.69) is 26.0 Å².